The molecule has 0 aromatic heterocycles. The first kappa shape index (κ1) is 23.3. The highest BCUT2D eigenvalue weighted by Gasteiger charge is 2.22. The highest BCUT2D eigenvalue weighted by Crippen LogP contribution is 2.31. The number of hydrogen-bond acceptors (Lipinski definition) is 2. The van der Waals surface area contributed by atoms with Gasteiger partial charge in [0.2, 0.25) is 0 Å². The van der Waals surface area contributed by atoms with Gasteiger partial charge in [0.05, 0.1) is 14.2 Å². The van der Waals surface area contributed by atoms with Crippen LogP contribution < -0.4 is 9.47 Å². The molecule has 4 heteroatoms. The van der Waals surface area contributed by atoms with Crippen molar-refractivity contribution in [3.8, 4) is 11.5 Å². The average molecular weight is 512 g/mol. The molecule has 0 saturated carbocycles. The lowest BCUT2D eigenvalue weighted by molar-refractivity contribution is 0.294. The second kappa shape index (κ2) is 13.3. The van der Waals surface area contributed by atoms with Crippen LogP contribution in [0.25, 0.3) is 0 Å². The average Bonchev–Trinajstić information content (AvgIpc) is 2.73. The third-order valence-electron chi connectivity index (χ3n) is 5.37. The molecule has 28 heavy (non-hydrogen) atoms. The molecule has 0 aliphatic carbocycles. The van der Waals surface area contributed by atoms with Crippen molar-refractivity contribution >= 4 is 31.9 Å². The molecule has 0 aliphatic heterocycles. The molecule has 0 N–H and O–H groups in total. The van der Waals surface area contributed by atoms with Crippen LogP contribution in [0.3, 0.4) is 0 Å². The van der Waals surface area contributed by atoms with Gasteiger partial charge in [-0.05, 0) is 79.3 Å². The van der Waals surface area contributed by atoms with Crippen molar-refractivity contribution in [3.63, 3.8) is 0 Å². The Labute approximate surface area is 187 Å². The standard InChI is InChI=1S/C24H32Br2O2/c1-27-23-10-5-7-19(17-23)15-21(9-3-4-13-25)22(12-14-26)16-20-8-6-11-24(18-20)28-2/h5-8,10-11,17-18,21-22H,3-4,9,12-16H2,1-2H3/t21-,22-/m0/s1. The summed E-state index contributed by atoms with van der Waals surface area (Å²) < 4.78 is 10.9. The van der Waals surface area contributed by atoms with E-state index in [1.807, 2.05) is 12.1 Å². The van der Waals surface area contributed by atoms with Gasteiger partial charge < -0.3 is 9.47 Å². The number of halogens is 2. The van der Waals surface area contributed by atoms with E-state index in [0.29, 0.717) is 11.8 Å². The number of unbranched alkanes of at least 4 members (excludes halogenated alkanes) is 1. The summed E-state index contributed by atoms with van der Waals surface area (Å²) in [5.74, 6) is 3.17. The van der Waals surface area contributed by atoms with Crippen molar-refractivity contribution in [1.82, 2.24) is 0 Å². The van der Waals surface area contributed by atoms with E-state index in [4.69, 9.17) is 9.47 Å². The minimum absolute atomic E-state index is 0.632. The van der Waals surface area contributed by atoms with Crippen LogP contribution in [-0.4, -0.2) is 24.9 Å². The topological polar surface area (TPSA) is 18.5 Å². The molecule has 0 unspecified atom stereocenters. The van der Waals surface area contributed by atoms with Crippen LogP contribution in [0.5, 0.6) is 11.5 Å². The van der Waals surface area contributed by atoms with Crippen molar-refractivity contribution in [1.29, 1.82) is 0 Å². The molecule has 2 aromatic rings. The van der Waals surface area contributed by atoms with Crippen LogP contribution in [-0.2, 0) is 12.8 Å². The van der Waals surface area contributed by atoms with Gasteiger partial charge in [-0.2, -0.15) is 0 Å². The minimum Gasteiger partial charge on any atom is -0.497 e. The number of rotatable bonds is 13. The minimum atomic E-state index is 0.632. The maximum absolute atomic E-state index is 5.44. The predicted octanol–water partition coefficient (Wildman–Crippen LogP) is 7.07. The van der Waals surface area contributed by atoms with Crippen molar-refractivity contribution < 1.29 is 9.47 Å². The summed E-state index contributed by atoms with van der Waals surface area (Å²) in [5, 5.41) is 2.12. The Hall–Kier alpha value is -1.00. The van der Waals surface area contributed by atoms with Crippen LogP contribution in [0.2, 0.25) is 0 Å². The molecule has 0 radical (unpaired) electrons. The van der Waals surface area contributed by atoms with Gasteiger partial charge in [-0.25, -0.2) is 0 Å². The lowest BCUT2D eigenvalue weighted by atomic mass is 9.78. The normalized spacial score (nSPS) is 13.1. The number of alkyl halides is 2. The van der Waals surface area contributed by atoms with Crippen molar-refractivity contribution in [3.05, 3.63) is 59.7 Å². The Balaban J connectivity index is 2.19. The highest BCUT2D eigenvalue weighted by atomic mass is 79.9. The highest BCUT2D eigenvalue weighted by molar-refractivity contribution is 9.09. The molecule has 0 spiro atoms. The smallest absolute Gasteiger partial charge is 0.119 e. The largest absolute Gasteiger partial charge is 0.497 e. The SMILES string of the molecule is COc1cccc(C[C@H](CCBr)[C@@H](CCCCBr)Cc2cccc(OC)c2)c1. The lowest BCUT2D eigenvalue weighted by Crippen LogP contribution is -2.21. The molecule has 0 fully saturated rings. The zero-order chi connectivity index (χ0) is 20.2. The van der Waals surface area contributed by atoms with Gasteiger partial charge in [-0.1, -0.05) is 62.5 Å². The maximum atomic E-state index is 5.44. The number of benzene rings is 2. The summed E-state index contributed by atoms with van der Waals surface area (Å²) in [7, 11) is 3.48. The summed E-state index contributed by atoms with van der Waals surface area (Å²) in [5.41, 5.74) is 2.73. The summed E-state index contributed by atoms with van der Waals surface area (Å²) >= 11 is 7.28. The second-order valence-corrected chi connectivity index (χ2v) is 8.88. The van der Waals surface area contributed by atoms with E-state index in [2.05, 4.69) is 68.3 Å². The number of methoxy groups -OCH3 is 2. The van der Waals surface area contributed by atoms with Crippen molar-refractivity contribution in [2.75, 3.05) is 24.9 Å². The van der Waals surface area contributed by atoms with E-state index < -0.39 is 0 Å². The Kier molecular flexibility index (Phi) is 11.0. The molecule has 154 valence electrons. The van der Waals surface area contributed by atoms with Gasteiger partial charge in [0.15, 0.2) is 0 Å². The zero-order valence-corrected chi connectivity index (χ0v) is 20.2. The van der Waals surface area contributed by atoms with E-state index >= 15 is 0 Å². The summed E-state index contributed by atoms with van der Waals surface area (Å²) in [6, 6.07) is 17.1. The monoisotopic (exact) mass is 510 g/mol. The maximum Gasteiger partial charge on any atom is 0.119 e. The van der Waals surface area contributed by atoms with E-state index in [9.17, 15) is 0 Å². The van der Waals surface area contributed by atoms with Crippen LogP contribution in [0, 0.1) is 11.8 Å². The molecular formula is C24H32Br2O2. The fourth-order valence-electron chi connectivity index (χ4n) is 3.85. The van der Waals surface area contributed by atoms with Gasteiger partial charge in [0.1, 0.15) is 11.5 Å². The van der Waals surface area contributed by atoms with Gasteiger partial charge in [0.25, 0.3) is 0 Å². The Bertz CT molecular complexity index is 690. The Morgan fingerprint density at radius 2 is 1.25 bits per heavy atom. The quantitative estimate of drug-likeness (QED) is 0.211. The van der Waals surface area contributed by atoms with Crippen LogP contribution >= 0.6 is 31.9 Å². The van der Waals surface area contributed by atoms with E-state index in [0.717, 1.165) is 35.0 Å². The molecule has 2 rings (SSSR count). The fraction of sp³-hybridized carbons (Fsp3) is 0.500. The molecule has 0 amide bonds. The van der Waals surface area contributed by atoms with Gasteiger partial charge in [-0.3, -0.25) is 0 Å². The summed E-state index contributed by atoms with van der Waals surface area (Å²) in [4.78, 5) is 0. The third-order valence-corrected chi connectivity index (χ3v) is 6.39. The Morgan fingerprint density at radius 3 is 1.71 bits per heavy atom. The van der Waals surface area contributed by atoms with E-state index in [1.165, 1.54) is 36.8 Å². The molecular weight excluding hydrogens is 480 g/mol. The summed E-state index contributed by atoms with van der Waals surface area (Å²) in [6.07, 6.45) is 7.11. The zero-order valence-electron chi connectivity index (χ0n) is 17.0. The lowest BCUT2D eigenvalue weighted by Gasteiger charge is -2.28. The summed E-state index contributed by atoms with van der Waals surface area (Å²) in [6.45, 7) is 0. The Morgan fingerprint density at radius 1 is 0.714 bits per heavy atom. The molecule has 0 heterocycles. The third kappa shape index (κ3) is 7.79. The van der Waals surface area contributed by atoms with Crippen molar-refractivity contribution in [2.24, 2.45) is 11.8 Å². The first-order valence-electron chi connectivity index (χ1n) is 10.1. The van der Waals surface area contributed by atoms with Gasteiger partial charge >= 0.3 is 0 Å². The predicted molar refractivity (Wildman–Crippen MR) is 126 cm³/mol. The second-order valence-electron chi connectivity index (χ2n) is 7.29. The van der Waals surface area contributed by atoms with Crippen molar-refractivity contribution in [2.45, 2.75) is 38.5 Å². The molecule has 2 nitrogen and oxygen atoms in total. The van der Waals surface area contributed by atoms with Gasteiger partial charge in [-0.15, -0.1) is 0 Å². The van der Waals surface area contributed by atoms with Crippen LogP contribution in [0.1, 0.15) is 36.8 Å². The van der Waals surface area contributed by atoms with E-state index in [1.54, 1.807) is 14.2 Å². The van der Waals surface area contributed by atoms with Crippen LogP contribution in [0.15, 0.2) is 48.5 Å². The first-order chi connectivity index (χ1) is 13.7. The molecule has 2 aromatic carbocycles. The molecule has 0 saturated heterocycles. The number of hydrogen-bond donors (Lipinski definition) is 0. The molecule has 0 aliphatic rings. The number of ether oxygens (including phenoxy) is 2. The van der Waals surface area contributed by atoms with Gasteiger partial charge in [0, 0.05) is 10.7 Å². The fourth-order valence-corrected chi connectivity index (χ4v) is 4.84. The van der Waals surface area contributed by atoms with Crippen LogP contribution in [0.4, 0.5) is 0 Å². The molecule has 0 bridgehead atoms. The molecule has 2 atom stereocenters. The van der Waals surface area contributed by atoms with E-state index in [-0.39, 0.29) is 0 Å². The first-order valence-corrected chi connectivity index (χ1v) is 12.3.